The zero-order valence-electron chi connectivity index (χ0n) is 9.86. The van der Waals surface area contributed by atoms with E-state index >= 15 is 0 Å². The van der Waals surface area contributed by atoms with E-state index in [1.165, 1.54) is 0 Å². The first kappa shape index (κ1) is 13.2. The molecule has 0 saturated heterocycles. The third kappa shape index (κ3) is 2.96. The van der Waals surface area contributed by atoms with Crippen molar-refractivity contribution in [2.24, 2.45) is 5.73 Å². The quantitative estimate of drug-likeness (QED) is 0.877. The van der Waals surface area contributed by atoms with Gasteiger partial charge in [0.15, 0.2) is 0 Å². The lowest BCUT2D eigenvalue weighted by Gasteiger charge is -2.14. The van der Waals surface area contributed by atoms with Crippen LogP contribution in [0.4, 0.5) is 0 Å². The Morgan fingerprint density at radius 3 is 2.50 bits per heavy atom. The Kier molecular flexibility index (Phi) is 4.12. The normalized spacial score (nSPS) is 12.2. The van der Waals surface area contributed by atoms with E-state index in [2.05, 4.69) is 0 Å². The number of rotatable bonds is 3. The van der Waals surface area contributed by atoms with Gasteiger partial charge in [0.25, 0.3) is 0 Å². The summed E-state index contributed by atoms with van der Waals surface area (Å²) in [5.74, 6) is 1.22. The summed E-state index contributed by atoms with van der Waals surface area (Å²) in [5, 5.41) is 1.09. The summed E-state index contributed by atoms with van der Waals surface area (Å²) in [6.45, 7) is 1.90. The summed E-state index contributed by atoms with van der Waals surface area (Å²) in [6, 6.07) is 12.6. The van der Waals surface area contributed by atoms with Crippen LogP contribution in [0.15, 0.2) is 42.5 Å². The van der Waals surface area contributed by atoms with Crippen LogP contribution in [0.2, 0.25) is 10.0 Å². The van der Waals surface area contributed by atoms with Crippen molar-refractivity contribution in [2.45, 2.75) is 13.0 Å². The van der Waals surface area contributed by atoms with Gasteiger partial charge in [-0.2, -0.15) is 0 Å². The first-order chi connectivity index (χ1) is 8.58. The molecule has 0 spiro atoms. The molecular formula is C14H13Cl2NO. The Hall–Kier alpha value is -1.22. The minimum Gasteiger partial charge on any atom is -0.455 e. The molecule has 0 amide bonds. The van der Waals surface area contributed by atoms with Crippen LogP contribution in [0.25, 0.3) is 0 Å². The summed E-state index contributed by atoms with van der Waals surface area (Å²) in [7, 11) is 0. The van der Waals surface area contributed by atoms with E-state index in [1.54, 1.807) is 18.2 Å². The molecule has 0 saturated carbocycles. The molecule has 0 radical (unpaired) electrons. The number of nitrogens with two attached hydrogens (primary N) is 1. The van der Waals surface area contributed by atoms with Crippen LogP contribution in [0.1, 0.15) is 18.5 Å². The Balaban J connectivity index is 2.37. The maximum Gasteiger partial charge on any atom is 0.147 e. The van der Waals surface area contributed by atoms with E-state index in [9.17, 15) is 0 Å². The number of benzene rings is 2. The molecule has 0 bridgehead atoms. The number of hydrogen-bond acceptors (Lipinski definition) is 2. The largest absolute Gasteiger partial charge is 0.455 e. The van der Waals surface area contributed by atoms with Crippen molar-refractivity contribution in [3.63, 3.8) is 0 Å². The maximum absolute atomic E-state index is 6.06. The molecule has 0 aliphatic rings. The lowest BCUT2D eigenvalue weighted by atomic mass is 10.1. The van der Waals surface area contributed by atoms with E-state index < -0.39 is 0 Å². The first-order valence-corrected chi connectivity index (χ1v) is 6.31. The molecule has 0 aliphatic carbocycles. The standard InChI is InChI=1S/C14H13Cl2NO/c1-9(17)11-4-2-3-5-13(11)18-14-8-10(15)6-7-12(14)16/h2-9H,17H2,1H3. The zero-order valence-corrected chi connectivity index (χ0v) is 11.4. The minimum absolute atomic E-state index is 0.112. The van der Waals surface area contributed by atoms with E-state index in [-0.39, 0.29) is 6.04 Å². The fourth-order valence-corrected chi connectivity index (χ4v) is 1.94. The van der Waals surface area contributed by atoms with Crippen molar-refractivity contribution < 1.29 is 4.74 Å². The predicted octanol–water partition coefficient (Wildman–Crippen LogP) is 4.81. The molecule has 4 heteroatoms. The predicted molar refractivity (Wildman–Crippen MR) is 75.6 cm³/mol. The zero-order chi connectivity index (χ0) is 13.1. The molecule has 0 aliphatic heterocycles. The highest BCUT2D eigenvalue weighted by atomic mass is 35.5. The van der Waals surface area contributed by atoms with E-state index in [1.807, 2.05) is 31.2 Å². The number of ether oxygens (including phenoxy) is 1. The van der Waals surface area contributed by atoms with Crippen LogP contribution >= 0.6 is 23.2 Å². The van der Waals surface area contributed by atoms with Gasteiger partial charge in [-0.3, -0.25) is 0 Å². The molecule has 0 fully saturated rings. The highest BCUT2D eigenvalue weighted by Gasteiger charge is 2.10. The number of para-hydroxylation sites is 1. The van der Waals surface area contributed by atoms with Crippen molar-refractivity contribution in [3.05, 3.63) is 58.1 Å². The fraction of sp³-hybridized carbons (Fsp3) is 0.143. The Bertz CT molecular complexity index is 555. The molecule has 2 aromatic carbocycles. The second-order valence-electron chi connectivity index (χ2n) is 4.00. The Morgan fingerprint density at radius 2 is 1.78 bits per heavy atom. The lowest BCUT2D eigenvalue weighted by Crippen LogP contribution is -2.06. The molecule has 94 valence electrons. The minimum atomic E-state index is -0.112. The van der Waals surface area contributed by atoms with Gasteiger partial charge in [0.05, 0.1) is 5.02 Å². The van der Waals surface area contributed by atoms with Gasteiger partial charge in [-0.25, -0.2) is 0 Å². The summed E-state index contributed by atoms with van der Waals surface area (Å²) < 4.78 is 5.79. The van der Waals surface area contributed by atoms with Gasteiger partial charge in [-0.05, 0) is 25.1 Å². The average molecular weight is 282 g/mol. The average Bonchev–Trinajstić information content (AvgIpc) is 2.34. The smallest absolute Gasteiger partial charge is 0.147 e. The van der Waals surface area contributed by atoms with Gasteiger partial charge < -0.3 is 10.5 Å². The third-order valence-corrected chi connectivity index (χ3v) is 3.07. The van der Waals surface area contributed by atoms with Crippen LogP contribution in [-0.2, 0) is 0 Å². The van der Waals surface area contributed by atoms with Crippen molar-refractivity contribution in [2.75, 3.05) is 0 Å². The molecule has 2 rings (SSSR count). The molecule has 0 aromatic heterocycles. The highest BCUT2D eigenvalue weighted by Crippen LogP contribution is 2.34. The van der Waals surface area contributed by atoms with Gasteiger partial charge in [-0.1, -0.05) is 41.4 Å². The van der Waals surface area contributed by atoms with Gasteiger partial charge in [0, 0.05) is 22.7 Å². The Morgan fingerprint density at radius 1 is 1.06 bits per heavy atom. The van der Waals surface area contributed by atoms with Crippen LogP contribution in [-0.4, -0.2) is 0 Å². The van der Waals surface area contributed by atoms with Crippen molar-refractivity contribution in [3.8, 4) is 11.5 Å². The molecule has 0 heterocycles. The molecule has 1 atom stereocenters. The molecule has 18 heavy (non-hydrogen) atoms. The second-order valence-corrected chi connectivity index (χ2v) is 4.85. The van der Waals surface area contributed by atoms with E-state index in [4.69, 9.17) is 33.7 Å². The van der Waals surface area contributed by atoms with Crippen molar-refractivity contribution >= 4 is 23.2 Å². The first-order valence-electron chi connectivity index (χ1n) is 5.55. The van der Waals surface area contributed by atoms with Gasteiger partial charge >= 0.3 is 0 Å². The van der Waals surface area contributed by atoms with E-state index in [0.717, 1.165) is 5.56 Å². The van der Waals surface area contributed by atoms with Gasteiger partial charge in [-0.15, -0.1) is 0 Å². The topological polar surface area (TPSA) is 35.2 Å². The molecule has 1 unspecified atom stereocenters. The van der Waals surface area contributed by atoms with Crippen LogP contribution < -0.4 is 10.5 Å². The number of hydrogen-bond donors (Lipinski definition) is 1. The second kappa shape index (κ2) is 5.61. The summed E-state index contributed by atoms with van der Waals surface area (Å²) in [6.07, 6.45) is 0. The molecular weight excluding hydrogens is 269 g/mol. The molecule has 2 aromatic rings. The Labute approximate surface area is 116 Å². The SMILES string of the molecule is CC(N)c1ccccc1Oc1cc(Cl)ccc1Cl. The maximum atomic E-state index is 6.06. The van der Waals surface area contributed by atoms with Crippen LogP contribution in [0.5, 0.6) is 11.5 Å². The summed E-state index contributed by atoms with van der Waals surface area (Å²) in [4.78, 5) is 0. The van der Waals surface area contributed by atoms with E-state index in [0.29, 0.717) is 21.5 Å². The number of halogens is 2. The van der Waals surface area contributed by atoms with Crippen molar-refractivity contribution in [1.82, 2.24) is 0 Å². The molecule has 2 N–H and O–H groups in total. The van der Waals surface area contributed by atoms with Crippen LogP contribution in [0.3, 0.4) is 0 Å². The van der Waals surface area contributed by atoms with Gasteiger partial charge in [0.1, 0.15) is 11.5 Å². The van der Waals surface area contributed by atoms with Crippen LogP contribution in [0, 0.1) is 0 Å². The fourth-order valence-electron chi connectivity index (χ4n) is 1.62. The molecule has 2 nitrogen and oxygen atoms in total. The summed E-state index contributed by atoms with van der Waals surface area (Å²) in [5.41, 5.74) is 6.82. The van der Waals surface area contributed by atoms with Gasteiger partial charge in [0.2, 0.25) is 0 Å². The third-order valence-electron chi connectivity index (χ3n) is 2.52. The monoisotopic (exact) mass is 281 g/mol. The summed E-state index contributed by atoms with van der Waals surface area (Å²) >= 11 is 12.0. The lowest BCUT2D eigenvalue weighted by molar-refractivity contribution is 0.472. The van der Waals surface area contributed by atoms with Crippen molar-refractivity contribution in [1.29, 1.82) is 0 Å². The highest BCUT2D eigenvalue weighted by molar-refractivity contribution is 6.34.